The van der Waals surface area contributed by atoms with Gasteiger partial charge < -0.3 is 10.0 Å². The summed E-state index contributed by atoms with van der Waals surface area (Å²) in [7, 11) is 0. The smallest absolute Gasteiger partial charge is 0.222 e. The molecule has 2 aliphatic rings. The third-order valence-electron chi connectivity index (χ3n) is 3.32. The number of hydrogen-bond acceptors (Lipinski definition) is 3. The average Bonchev–Trinajstić information content (AvgIpc) is 2.66. The van der Waals surface area contributed by atoms with Gasteiger partial charge in [0.1, 0.15) is 0 Å². The van der Waals surface area contributed by atoms with Crippen molar-refractivity contribution < 1.29 is 9.90 Å². The molecule has 2 fully saturated rings. The third-order valence-corrected chi connectivity index (χ3v) is 4.37. The molecule has 3 nitrogen and oxygen atoms in total. The van der Waals surface area contributed by atoms with Gasteiger partial charge in [0.15, 0.2) is 0 Å². The van der Waals surface area contributed by atoms with Crippen LogP contribution in [0.15, 0.2) is 0 Å². The fourth-order valence-electron chi connectivity index (χ4n) is 2.29. The lowest BCUT2D eigenvalue weighted by atomic mass is 9.98. The number of hydrogen-bond donors (Lipinski definition) is 1. The number of aliphatic hydroxyl groups is 1. The minimum atomic E-state index is -0.282. The van der Waals surface area contributed by atoms with Gasteiger partial charge in [0, 0.05) is 19.5 Å². The van der Waals surface area contributed by atoms with E-state index in [1.165, 1.54) is 24.3 Å². The van der Waals surface area contributed by atoms with Crippen LogP contribution in [-0.4, -0.2) is 46.6 Å². The van der Waals surface area contributed by atoms with Crippen molar-refractivity contribution >= 4 is 17.7 Å². The number of carbonyl (C=O) groups excluding carboxylic acids is 1. The first-order valence-electron chi connectivity index (χ1n) is 5.79. The van der Waals surface area contributed by atoms with E-state index in [-0.39, 0.29) is 12.0 Å². The molecule has 4 heteroatoms. The number of carbonyl (C=O) groups is 1. The Morgan fingerprint density at radius 3 is 2.67 bits per heavy atom. The second-order valence-corrected chi connectivity index (χ2v) is 5.77. The maximum Gasteiger partial charge on any atom is 0.222 e. The van der Waals surface area contributed by atoms with Crippen molar-refractivity contribution in [1.29, 1.82) is 0 Å². The van der Waals surface area contributed by atoms with Crippen molar-refractivity contribution in [2.75, 3.05) is 24.6 Å². The Hall–Kier alpha value is -0.220. The molecule has 0 aromatic rings. The van der Waals surface area contributed by atoms with Crippen molar-refractivity contribution in [3.8, 4) is 0 Å². The van der Waals surface area contributed by atoms with Gasteiger partial charge in [-0.2, -0.15) is 11.8 Å². The highest BCUT2D eigenvalue weighted by Crippen LogP contribution is 2.26. The molecule has 2 aliphatic heterocycles. The summed E-state index contributed by atoms with van der Waals surface area (Å²) >= 11 is 1.99. The van der Waals surface area contributed by atoms with Crippen LogP contribution in [0.2, 0.25) is 0 Å². The van der Waals surface area contributed by atoms with E-state index in [2.05, 4.69) is 0 Å². The third kappa shape index (κ3) is 3.11. The molecule has 15 heavy (non-hydrogen) atoms. The Morgan fingerprint density at radius 1 is 1.33 bits per heavy atom. The minimum absolute atomic E-state index is 0.253. The molecule has 0 aromatic carbocycles. The van der Waals surface area contributed by atoms with Gasteiger partial charge in [0.25, 0.3) is 0 Å². The van der Waals surface area contributed by atoms with Crippen LogP contribution in [0.25, 0.3) is 0 Å². The Kier molecular flexibility index (Phi) is 3.92. The fraction of sp³-hybridized carbons (Fsp3) is 0.909. The van der Waals surface area contributed by atoms with E-state index in [1.807, 2.05) is 16.7 Å². The van der Waals surface area contributed by atoms with E-state index in [1.54, 1.807) is 0 Å². The lowest BCUT2D eigenvalue weighted by molar-refractivity contribution is -0.131. The molecular weight excluding hydrogens is 210 g/mol. The molecular formula is C11H19NO2S. The second kappa shape index (κ2) is 5.21. The highest BCUT2D eigenvalue weighted by Gasteiger charge is 2.26. The number of likely N-dealkylation sites (tertiary alicyclic amines) is 1. The van der Waals surface area contributed by atoms with Crippen LogP contribution in [0.1, 0.15) is 25.7 Å². The summed E-state index contributed by atoms with van der Waals surface area (Å²) in [5.74, 6) is 3.26. The quantitative estimate of drug-likeness (QED) is 0.771. The zero-order valence-electron chi connectivity index (χ0n) is 9.02. The number of β-amino-alcohol motifs (C(OH)–C–C–N with tert-alkyl or cyclic N) is 1. The minimum Gasteiger partial charge on any atom is -0.391 e. The van der Waals surface area contributed by atoms with Gasteiger partial charge in [-0.05, 0) is 36.7 Å². The summed E-state index contributed by atoms with van der Waals surface area (Å²) in [6.45, 7) is 1.31. The van der Waals surface area contributed by atoms with Crippen LogP contribution in [0.3, 0.4) is 0 Å². The van der Waals surface area contributed by atoms with Crippen molar-refractivity contribution in [2.24, 2.45) is 5.92 Å². The largest absolute Gasteiger partial charge is 0.391 e. The molecule has 2 rings (SSSR count). The first kappa shape index (κ1) is 11.3. The summed E-state index contributed by atoms with van der Waals surface area (Å²) in [5.41, 5.74) is 0. The molecule has 1 unspecified atom stereocenters. The van der Waals surface area contributed by atoms with Gasteiger partial charge in [-0.3, -0.25) is 4.79 Å². The standard InChI is InChI=1S/C11H19NO2S/c13-10-1-4-12(8-10)11(14)7-9-2-5-15-6-3-9/h9-10,13H,1-8H2. The molecule has 1 N–H and O–H groups in total. The first-order valence-corrected chi connectivity index (χ1v) is 6.95. The maximum atomic E-state index is 11.9. The van der Waals surface area contributed by atoms with Gasteiger partial charge in [0.05, 0.1) is 6.10 Å². The number of aliphatic hydroxyl groups excluding tert-OH is 1. The summed E-state index contributed by atoms with van der Waals surface area (Å²) in [5, 5.41) is 9.36. The van der Waals surface area contributed by atoms with Gasteiger partial charge in [-0.15, -0.1) is 0 Å². The van der Waals surface area contributed by atoms with Gasteiger partial charge >= 0.3 is 0 Å². The monoisotopic (exact) mass is 229 g/mol. The highest BCUT2D eigenvalue weighted by molar-refractivity contribution is 7.99. The second-order valence-electron chi connectivity index (χ2n) is 4.54. The van der Waals surface area contributed by atoms with E-state index >= 15 is 0 Å². The molecule has 1 amide bonds. The van der Waals surface area contributed by atoms with Crippen molar-refractivity contribution in [3.05, 3.63) is 0 Å². The van der Waals surface area contributed by atoms with E-state index in [4.69, 9.17) is 0 Å². The lowest BCUT2D eigenvalue weighted by Crippen LogP contribution is -2.31. The molecule has 2 saturated heterocycles. The zero-order valence-corrected chi connectivity index (χ0v) is 9.84. The molecule has 0 bridgehead atoms. The van der Waals surface area contributed by atoms with E-state index in [0.717, 1.165) is 13.0 Å². The van der Waals surface area contributed by atoms with Crippen LogP contribution in [0.4, 0.5) is 0 Å². The molecule has 0 aliphatic carbocycles. The highest BCUT2D eigenvalue weighted by atomic mass is 32.2. The summed E-state index contributed by atoms with van der Waals surface area (Å²) in [6.07, 6.45) is 3.55. The number of thioether (sulfide) groups is 1. The van der Waals surface area contributed by atoms with Crippen LogP contribution >= 0.6 is 11.8 Å². The van der Waals surface area contributed by atoms with Crippen LogP contribution in [0.5, 0.6) is 0 Å². The maximum absolute atomic E-state index is 11.9. The van der Waals surface area contributed by atoms with Gasteiger partial charge in [-0.1, -0.05) is 0 Å². The molecule has 0 saturated carbocycles. The Labute approximate surface area is 95.2 Å². The molecule has 0 aromatic heterocycles. The van der Waals surface area contributed by atoms with Crippen molar-refractivity contribution in [1.82, 2.24) is 4.90 Å². The fourth-order valence-corrected chi connectivity index (χ4v) is 3.50. The topological polar surface area (TPSA) is 40.5 Å². The first-order chi connectivity index (χ1) is 7.25. The molecule has 2 heterocycles. The van der Waals surface area contributed by atoms with E-state index in [0.29, 0.717) is 18.9 Å². The zero-order chi connectivity index (χ0) is 10.7. The Morgan fingerprint density at radius 2 is 2.07 bits per heavy atom. The van der Waals surface area contributed by atoms with Gasteiger partial charge in [0.2, 0.25) is 5.91 Å². The Bertz CT molecular complexity index is 229. The summed E-state index contributed by atoms with van der Waals surface area (Å²) in [4.78, 5) is 13.7. The number of nitrogens with zero attached hydrogens (tertiary/aromatic N) is 1. The van der Waals surface area contributed by atoms with Crippen molar-refractivity contribution in [2.45, 2.75) is 31.8 Å². The van der Waals surface area contributed by atoms with E-state index < -0.39 is 0 Å². The predicted octanol–water partition coefficient (Wildman–Crippen LogP) is 1.11. The predicted molar refractivity (Wildman–Crippen MR) is 61.9 cm³/mol. The number of rotatable bonds is 2. The molecule has 0 radical (unpaired) electrons. The molecule has 86 valence electrons. The van der Waals surface area contributed by atoms with Crippen LogP contribution in [0, 0.1) is 5.92 Å². The number of amides is 1. The molecule has 1 atom stereocenters. The normalized spacial score (nSPS) is 28.3. The van der Waals surface area contributed by atoms with Gasteiger partial charge in [-0.25, -0.2) is 0 Å². The summed E-state index contributed by atoms with van der Waals surface area (Å²) < 4.78 is 0. The van der Waals surface area contributed by atoms with Crippen LogP contribution in [-0.2, 0) is 4.79 Å². The SMILES string of the molecule is O=C(CC1CCSCC1)N1CCC(O)C1. The molecule has 0 spiro atoms. The Balaban J connectivity index is 1.76. The van der Waals surface area contributed by atoms with E-state index in [9.17, 15) is 9.90 Å². The lowest BCUT2D eigenvalue weighted by Gasteiger charge is -2.23. The average molecular weight is 229 g/mol. The van der Waals surface area contributed by atoms with Crippen molar-refractivity contribution in [3.63, 3.8) is 0 Å². The summed E-state index contributed by atoms with van der Waals surface area (Å²) in [6, 6.07) is 0. The van der Waals surface area contributed by atoms with Crippen LogP contribution < -0.4 is 0 Å².